The van der Waals surface area contributed by atoms with Crippen molar-refractivity contribution in [2.45, 2.75) is 38.3 Å². The Morgan fingerprint density at radius 2 is 1.84 bits per heavy atom. The summed E-state index contributed by atoms with van der Waals surface area (Å²) in [7, 11) is 3.87. The van der Waals surface area contributed by atoms with E-state index in [0.717, 1.165) is 38.0 Å². The van der Waals surface area contributed by atoms with Gasteiger partial charge in [-0.3, -0.25) is 4.90 Å². The molecule has 1 fully saturated rings. The molecule has 102 valence electrons. The van der Waals surface area contributed by atoms with Crippen LogP contribution in [0.25, 0.3) is 0 Å². The van der Waals surface area contributed by atoms with Gasteiger partial charge in [-0.25, -0.2) is 0 Å². The smallest absolute Gasteiger partial charge is 0.118 e. The predicted octanol–water partition coefficient (Wildman–Crippen LogP) is 3.21. The number of hydrogen-bond acceptors (Lipinski definition) is 3. The molecule has 0 aromatic heterocycles. The van der Waals surface area contributed by atoms with E-state index >= 15 is 0 Å². The molecule has 2 rings (SSSR count). The number of rotatable bonds is 4. The van der Waals surface area contributed by atoms with Crippen LogP contribution in [0.2, 0.25) is 0 Å². The third-order valence-corrected chi connectivity index (χ3v) is 4.09. The summed E-state index contributed by atoms with van der Waals surface area (Å²) >= 11 is 0. The fourth-order valence-electron chi connectivity index (χ4n) is 2.79. The lowest BCUT2D eigenvalue weighted by Crippen LogP contribution is -2.34. The molecule has 0 amide bonds. The van der Waals surface area contributed by atoms with Crippen molar-refractivity contribution in [2.24, 2.45) is 5.92 Å². The Hall–Kier alpha value is -1.53. The van der Waals surface area contributed by atoms with Gasteiger partial charge in [0.1, 0.15) is 5.75 Å². The lowest BCUT2D eigenvalue weighted by atomic mass is 9.86. The van der Waals surface area contributed by atoms with Crippen molar-refractivity contribution in [1.82, 2.24) is 4.90 Å². The Balaban J connectivity index is 1.87. The molecular weight excluding hydrogens is 236 g/mol. The Labute approximate surface area is 115 Å². The van der Waals surface area contributed by atoms with Crippen LogP contribution in [0.5, 0.6) is 5.75 Å². The van der Waals surface area contributed by atoms with Gasteiger partial charge in [-0.2, -0.15) is 5.26 Å². The average molecular weight is 258 g/mol. The van der Waals surface area contributed by atoms with E-state index in [1.54, 1.807) is 7.11 Å². The Kier molecular flexibility index (Phi) is 4.81. The van der Waals surface area contributed by atoms with Gasteiger partial charge in [-0.05, 0) is 50.4 Å². The third-order valence-electron chi connectivity index (χ3n) is 4.09. The molecule has 0 unspecified atom stereocenters. The summed E-state index contributed by atoms with van der Waals surface area (Å²) in [5.74, 6) is 1.19. The van der Waals surface area contributed by atoms with Gasteiger partial charge in [0.05, 0.1) is 13.2 Å². The van der Waals surface area contributed by atoms with Gasteiger partial charge in [0.15, 0.2) is 0 Å². The second-order valence-corrected chi connectivity index (χ2v) is 5.40. The van der Waals surface area contributed by atoms with Crippen LogP contribution in [-0.4, -0.2) is 25.1 Å². The van der Waals surface area contributed by atoms with Crippen LogP contribution in [0.15, 0.2) is 24.3 Å². The Morgan fingerprint density at radius 1 is 1.21 bits per heavy atom. The maximum atomic E-state index is 8.93. The molecule has 1 aromatic carbocycles. The van der Waals surface area contributed by atoms with E-state index < -0.39 is 0 Å². The van der Waals surface area contributed by atoms with Crippen molar-refractivity contribution >= 4 is 0 Å². The number of nitrogens with zero attached hydrogens (tertiary/aromatic N) is 2. The fourth-order valence-corrected chi connectivity index (χ4v) is 2.79. The summed E-state index contributed by atoms with van der Waals surface area (Å²) < 4.78 is 5.17. The number of benzene rings is 1. The van der Waals surface area contributed by atoms with Crippen LogP contribution < -0.4 is 4.74 Å². The minimum atomic E-state index is 0.283. The quantitative estimate of drug-likeness (QED) is 0.832. The molecule has 0 N–H and O–H groups in total. The Morgan fingerprint density at radius 3 is 2.37 bits per heavy atom. The number of nitriles is 1. The lowest BCUT2D eigenvalue weighted by molar-refractivity contribution is 0.171. The van der Waals surface area contributed by atoms with Crippen molar-refractivity contribution in [3.05, 3.63) is 29.8 Å². The molecule has 0 radical (unpaired) electrons. The molecule has 19 heavy (non-hydrogen) atoms. The second kappa shape index (κ2) is 6.58. The van der Waals surface area contributed by atoms with E-state index in [9.17, 15) is 0 Å². The van der Waals surface area contributed by atoms with Crippen molar-refractivity contribution in [1.29, 1.82) is 5.26 Å². The maximum absolute atomic E-state index is 8.93. The molecule has 0 atom stereocenters. The maximum Gasteiger partial charge on any atom is 0.118 e. The highest BCUT2D eigenvalue weighted by Gasteiger charge is 2.23. The van der Waals surface area contributed by atoms with Crippen LogP contribution in [0.1, 0.15) is 31.2 Å². The van der Waals surface area contributed by atoms with Crippen molar-refractivity contribution in [3.8, 4) is 11.8 Å². The average Bonchev–Trinajstić information content (AvgIpc) is 2.48. The first-order chi connectivity index (χ1) is 9.22. The molecule has 0 bridgehead atoms. The van der Waals surface area contributed by atoms with Crippen LogP contribution >= 0.6 is 0 Å². The number of hydrogen-bond donors (Lipinski definition) is 0. The molecule has 1 saturated carbocycles. The monoisotopic (exact) mass is 258 g/mol. The summed E-state index contributed by atoms with van der Waals surface area (Å²) in [5.41, 5.74) is 1.31. The number of methoxy groups -OCH3 is 1. The minimum absolute atomic E-state index is 0.283. The van der Waals surface area contributed by atoms with Gasteiger partial charge in [0.25, 0.3) is 0 Å². The van der Waals surface area contributed by atoms with E-state index in [2.05, 4.69) is 30.1 Å². The predicted molar refractivity (Wildman–Crippen MR) is 75.8 cm³/mol. The zero-order valence-electron chi connectivity index (χ0n) is 11.8. The van der Waals surface area contributed by atoms with E-state index in [0.29, 0.717) is 6.04 Å². The Bertz CT molecular complexity index is 427. The van der Waals surface area contributed by atoms with Crippen LogP contribution in [0.4, 0.5) is 0 Å². The summed E-state index contributed by atoms with van der Waals surface area (Å²) in [6, 6.07) is 11.3. The summed E-state index contributed by atoms with van der Waals surface area (Å²) in [4.78, 5) is 2.41. The first-order valence-corrected chi connectivity index (χ1v) is 6.95. The topological polar surface area (TPSA) is 36.3 Å². The summed E-state index contributed by atoms with van der Waals surface area (Å²) in [6.45, 7) is 0.964. The third kappa shape index (κ3) is 3.71. The molecule has 3 nitrogen and oxygen atoms in total. The van der Waals surface area contributed by atoms with Gasteiger partial charge in [0, 0.05) is 18.5 Å². The standard InChI is InChI=1S/C16H22N2O/c1-18(15-7-3-13(11-17)4-8-15)12-14-5-9-16(19-2)10-6-14/h5-6,9-10,13,15H,3-4,7-8,12H2,1-2H3. The van der Waals surface area contributed by atoms with E-state index in [4.69, 9.17) is 10.00 Å². The van der Waals surface area contributed by atoms with Crippen LogP contribution in [-0.2, 0) is 6.54 Å². The SMILES string of the molecule is COc1ccc(CN(C)C2CCC(C#N)CC2)cc1. The highest BCUT2D eigenvalue weighted by atomic mass is 16.5. The zero-order chi connectivity index (χ0) is 13.7. The van der Waals surface area contributed by atoms with E-state index in [-0.39, 0.29) is 5.92 Å². The zero-order valence-corrected chi connectivity index (χ0v) is 11.8. The first kappa shape index (κ1) is 13.9. The normalized spacial score (nSPS) is 23.1. The highest BCUT2D eigenvalue weighted by molar-refractivity contribution is 5.27. The van der Waals surface area contributed by atoms with Crippen molar-refractivity contribution < 1.29 is 4.74 Å². The van der Waals surface area contributed by atoms with Gasteiger partial charge < -0.3 is 4.74 Å². The molecule has 1 aromatic rings. The van der Waals surface area contributed by atoms with Gasteiger partial charge in [-0.1, -0.05) is 12.1 Å². The fraction of sp³-hybridized carbons (Fsp3) is 0.562. The molecular formula is C16H22N2O. The first-order valence-electron chi connectivity index (χ1n) is 6.95. The molecule has 0 aliphatic heterocycles. The summed E-state index contributed by atoms with van der Waals surface area (Å²) in [6.07, 6.45) is 4.39. The lowest BCUT2D eigenvalue weighted by Gasteiger charge is -2.32. The second-order valence-electron chi connectivity index (χ2n) is 5.40. The van der Waals surface area contributed by atoms with Crippen LogP contribution in [0, 0.1) is 17.2 Å². The van der Waals surface area contributed by atoms with E-state index in [1.807, 2.05) is 12.1 Å². The van der Waals surface area contributed by atoms with E-state index in [1.165, 1.54) is 5.56 Å². The van der Waals surface area contributed by atoms with Gasteiger partial charge >= 0.3 is 0 Å². The van der Waals surface area contributed by atoms with Crippen molar-refractivity contribution in [3.63, 3.8) is 0 Å². The summed E-state index contributed by atoms with van der Waals surface area (Å²) in [5, 5.41) is 8.93. The van der Waals surface area contributed by atoms with Gasteiger partial charge in [0.2, 0.25) is 0 Å². The minimum Gasteiger partial charge on any atom is -0.497 e. The number of ether oxygens (including phenoxy) is 1. The largest absolute Gasteiger partial charge is 0.497 e. The molecule has 0 saturated heterocycles. The molecule has 0 heterocycles. The highest BCUT2D eigenvalue weighted by Crippen LogP contribution is 2.27. The van der Waals surface area contributed by atoms with Crippen molar-refractivity contribution in [2.75, 3.05) is 14.2 Å². The molecule has 1 aliphatic rings. The van der Waals surface area contributed by atoms with Gasteiger partial charge in [-0.15, -0.1) is 0 Å². The molecule has 3 heteroatoms. The van der Waals surface area contributed by atoms with Crippen LogP contribution in [0.3, 0.4) is 0 Å². The molecule has 1 aliphatic carbocycles. The molecule has 0 spiro atoms.